The van der Waals surface area contributed by atoms with Gasteiger partial charge in [0.25, 0.3) is 5.91 Å². The van der Waals surface area contributed by atoms with E-state index in [4.69, 9.17) is 11.6 Å². The van der Waals surface area contributed by atoms with Crippen LogP contribution in [0.5, 0.6) is 0 Å². The van der Waals surface area contributed by atoms with Gasteiger partial charge in [0.2, 0.25) is 0 Å². The molecule has 4 rings (SSSR count). The summed E-state index contributed by atoms with van der Waals surface area (Å²) in [5.41, 5.74) is 2.30. The minimum atomic E-state index is -3.10. The zero-order chi connectivity index (χ0) is 20.8. The van der Waals surface area contributed by atoms with Crippen LogP contribution in [-0.2, 0) is 9.84 Å². The fourth-order valence-corrected chi connectivity index (χ4v) is 7.56. The highest BCUT2D eigenvalue weighted by Gasteiger charge is 2.49. The van der Waals surface area contributed by atoms with Crippen LogP contribution >= 0.6 is 23.4 Å². The minimum Gasteiger partial charge on any atom is -0.378 e. The Morgan fingerprint density at radius 3 is 2.38 bits per heavy atom. The first-order chi connectivity index (χ1) is 13.7. The van der Waals surface area contributed by atoms with Crippen molar-refractivity contribution in [2.45, 2.75) is 11.3 Å². The van der Waals surface area contributed by atoms with Crippen LogP contribution in [0.25, 0.3) is 0 Å². The number of rotatable bonds is 3. The molecule has 0 N–H and O–H groups in total. The van der Waals surface area contributed by atoms with Crippen LogP contribution in [-0.4, -0.2) is 56.4 Å². The van der Waals surface area contributed by atoms with Crippen molar-refractivity contribution < 1.29 is 13.2 Å². The lowest BCUT2D eigenvalue weighted by molar-refractivity contribution is 0.100. The number of sulfone groups is 1. The molecule has 2 saturated heterocycles. The van der Waals surface area contributed by atoms with Crippen LogP contribution in [0.3, 0.4) is 0 Å². The number of fused-ring (bicyclic) bond motifs is 1. The first kappa shape index (κ1) is 20.3. The summed E-state index contributed by atoms with van der Waals surface area (Å²) in [6, 6.07) is 14.1. The third-order valence-corrected chi connectivity index (χ3v) is 8.46. The van der Waals surface area contributed by atoms with E-state index in [1.165, 1.54) is 11.8 Å². The maximum Gasteiger partial charge on any atom is 0.279 e. The van der Waals surface area contributed by atoms with Crippen molar-refractivity contribution in [1.29, 1.82) is 0 Å². The van der Waals surface area contributed by atoms with Gasteiger partial charge in [0.05, 0.1) is 17.5 Å². The molecule has 0 aromatic heterocycles. The Morgan fingerprint density at radius 1 is 1.10 bits per heavy atom. The number of aliphatic imine (C=N–C) groups is 1. The normalized spacial score (nSPS) is 24.0. The van der Waals surface area contributed by atoms with Crippen LogP contribution in [0, 0.1) is 0 Å². The van der Waals surface area contributed by atoms with Gasteiger partial charge < -0.3 is 9.80 Å². The van der Waals surface area contributed by atoms with Crippen LogP contribution in [0.1, 0.15) is 10.4 Å². The fraction of sp³-hybridized carbons (Fsp3) is 0.300. The van der Waals surface area contributed by atoms with Crippen LogP contribution in [0.4, 0.5) is 11.4 Å². The third kappa shape index (κ3) is 4.15. The van der Waals surface area contributed by atoms with Crippen LogP contribution in [0.2, 0.25) is 5.02 Å². The summed E-state index contributed by atoms with van der Waals surface area (Å²) in [4.78, 5) is 20.9. The van der Waals surface area contributed by atoms with Gasteiger partial charge in [0.1, 0.15) is 0 Å². The van der Waals surface area contributed by atoms with Gasteiger partial charge in [-0.05, 0) is 48.5 Å². The number of nitrogens with zero attached hydrogens (tertiary/aromatic N) is 3. The second-order valence-corrected chi connectivity index (χ2v) is 11.1. The standard InChI is InChI=1S/C20H20ClN3O3S2/c1-23(2)15-7-9-16(10-8-15)24-17-11-29(26,27)12-18(17)28-20(24)22-19(25)13-3-5-14(21)6-4-13/h3-10,17-18H,11-12H2,1-2H3. The molecule has 152 valence electrons. The van der Waals surface area contributed by atoms with Crippen molar-refractivity contribution in [3.05, 3.63) is 59.1 Å². The van der Waals surface area contributed by atoms with Gasteiger partial charge in [0, 0.05) is 41.3 Å². The number of amides is 1. The van der Waals surface area contributed by atoms with E-state index in [0.29, 0.717) is 15.8 Å². The Morgan fingerprint density at radius 2 is 1.76 bits per heavy atom. The fourth-order valence-electron chi connectivity index (χ4n) is 3.52. The highest BCUT2D eigenvalue weighted by molar-refractivity contribution is 8.16. The van der Waals surface area contributed by atoms with E-state index in [0.717, 1.165) is 11.4 Å². The first-order valence-corrected chi connectivity index (χ1v) is 12.1. The Balaban J connectivity index is 1.70. The van der Waals surface area contributed by atoms with Gasteiger partial charge in [-0.3, -0.25) is 4.79 Å². The molecule has 6 nitrogen and oxygen atoms in total. The summed E-state index contributed by atoms with van der Waals surface area (Å²) in [5, 5.41) is 0.949. The first-order valence-electron chi connectivity index (χ1n) is 9.06. The Labute approximate surface area is 179 Å². The second-order valence-electron chi connectivity index (χ2n) is 7.29. The number of carbonyl (C=O) groups excluding carboxylic acids is 1. The second kappa shape index (κ2) is 7.66. The van der Waals surface area contributed by atoms with E-state index in [2.05, 4.69) is 4.99 Å². The predicted molar refractivity (Wildman–Crippen MR) is 120 cm³/mol. The highest BCUT2D eigenvalue weighted by atomic mass is 35.5. The highest BCUT2D eigenvalue weighted by Crippen LogP contribution is 2.41. The summed E-state index contributed by atoms with van der Waals surface area (Å²) in [7, 11) is 0.810. The van der Waals surface area contributed by atoms with Crippen molar-refractivity contribution in [2.75, 3.05) is 35.4 Å². The average molecular weight is 450 g/mol. The molecule has 0 radical (unpaired) electrons. The van der Waals surface area contributed by atoms with Gasteiger partial charge in [0.15, 0.2) is 15.0 Å². The smallest absolute Gasteiger partial charge is 0.279 e. The summed E-state index contributed by atoms with van der Waals surface area (Å²) < 4.78 is 24.4. The lowest BCUT2D eigenvalue weighted by Crippen LogP contribution is -2.37. The topological polar surface area (TPSA) is 70.0 Å². The number of benzene rings is 2. The monoisotopic (exact) mass is 449 g/mol. The molecular formula is C20H20ClN3O3S2. The maximum absolute atomic E-state index is 12.7. The number of thioether (sulfide) groups is 1. The molecule has 2 heterocycles. The molecule has 2 aliphatic heterocycles. The average Bonchev–Trinajstić information content (AvgIpc) is 3.13. The maximum atomic E-state index is 12.7. The van der Waals surface area contributed by atoms with Gasteiger partial charge in [-0.1, -0.05) is 23.4 Å². The summed E-state index contributed by atoms with van der Waals surface area (Å²) in [5.74, 6) is -0.210. The molecule has 1 amide bonds. The predicted octanol–water partition coefficient (Wildman–Crippen LogP) is 3.32. The van der Waals surface area contributed by atoms with Crippen LogP contribution in [0.15, 0.2) is 53.5 Å². The quantitative estimate of drug-likeness (QED) is 0.715. The number of hydrogen-bond acceptors (Lipinski definition) is 5. The Bertz CT molecular complexity index is 1070. The molecule has 2 fully saturated rings. The van der Waals surface area contributed by atoms with Gasteiger partial charge in [-0.25, -0.2) is 8.42 Å². The molecule has 2 aromatic carbocycles. The number of hydrogen-bond donors (Lipinski definition) is 0. The number of anilines is 2. The van der Waals surface area contributed by atoms with Crippen LogP contribution < -0.4 is 9.80 Å². The molecule has 2 aromatic rings. The van der Waals surface area contributed by atoms with E-state index in [-0.39, 0.29) is 28.7 Å². The molecule has 0 bridgehead atoms. The van der Waals surface area contributed by atoms with Crippen molar-refractivity contribution in [2.24, 2.45) is 4.99 Å². The van der Waals surface area contributed by atoms with E-state index < -0.39 is 9.84 Å². The molecule has 0 aliphatic carbocycles. The number of amidine groups is 1. The Hall–Kier alpha value is -2.03. The third-order valence-electron chi connectivity index (χ3n) is 5.00. The molecule has 2 atom stereocenters. The zero-order valence-corrected chi connectivity index (χ0v) is 18.3. The Kier molecular flexibility index (Phi) is 5.35. The summed E-state index contributed by atoms with van der Waals surface area (Å²) in [6.45, 7) is 0. The van der Waals surface area contributed by atoms with Crippen molar-refractivity contribution in [3.8, 4) is 0 Å². The van der Waals surface area contributed by atoms with E-state index in [1.807, 2.05) is 48.2 Å². The van der Waals surface area contributed by atoms with Crippen molar-refractivity contribution >= 4 is 55.6 Å². The van der Waals surface area contributed by atoms with E-state index >= 15 is 0 Å². The summed E-state index contributed by atoms with van der Waals surface area (Å²) in [6.07, 6.45) is 0. The lowest BCUT2D eigenvalue weighted by atomic mass is 10.2. The molecule has 9 heteroatoms. The summed E-state index contributed by atoms with van der Waals surface area (Å²) >= 11 is 7.26. The molecule has 0 spiro atoms. The minimum absolute atomic E-state index is 0.0637. The molecule has 2 unspecified atom stereocenters. The number of carbonyl (C=O) groups is 1. The van der Waals surface area contributed by atoms with Crippen molar-refractivity contribution in [1.82, 2.24) is 0 Å². The van der Waals surface area contributed by atoms with Gasteiger partial charge in [-0.2, -0.15) is 4.99 Å². The largest absolute Gasteiger partial charge is 0.378 e. The SMILES string of the molecule is CN(C)c1ccc(N2C(=NC(=O)c3ccc(Cl)cc3)SC3CS(=O)(=O)CC32)cc1. The van der Waals surface area contributed by atoms with E-state index in [1.54, 1.807) is 24.3 Å². The number of halogens is 1. The lowest BCUT2D eigenvalue weighted by Gasteiger charge is -2.25. The zero-order valence-electron chi connectivity index (χ0n) is 15.9. The van der Waals surface area contributed by atoms with Gasteiger partial charge in [-0.15, -0.1) is 0 Å². The molecule has 0 saturated carbocycles. The molecule has 2 aliphatic rings. The van der Waals surface area contributed by atoms with Gasteiger partial charge >= 0.3 is 0 Å². The van der Waals surface area contributed by atoms with E-state index in [9.17, 15) is 13.2 Å². The molecular weight excluding hydrogens is 430 g/mol. The van der Waals surface area contributed by atoms with Crippen molar-refractivity contribution in [3.63, 3.8) is 0 Å². The molecule has 29 heavy (non-hydrogen) atoms.